The summed E-state index contributed by atoms with van der Waals surface area (Å²) in [5.74, 6) is -0.148. The Morgan fingerprint density at radius 3 is 2.55 bits per heavy atom. The molecule has 5 heteroatoms. The van der Waals surface area contributed by atoms with Crippen LogP contribution in [0.1, 0.15) is 49.3 Å². The summed E-state index contributed by atoms with van der Waals surface area (Å²) in [7, 11) is 0. The number of halogens is 1. The molecular weight excluding hydrogens is 384 g/mol. The van der Waals surface area contributed by atoms with Gasteiger partial charge in [0.1, 0.15) is 6.04 Å². The lowest BCUT2D eigenvalue weighted by Crippen LogP contribution is -2.50. The van der Waals surface area contributed by atoms with Crippen LogP contribution in [0.4, 0.5) is 0 Å². The molecule has 2 amide bonds. The van der Waals surface area contributed by atoms with Crippen LogP contribution in [0.3, 0.4) is 0 Å². The molecular formula is C24H29ClN2O2. The second kappa shape index (κ2) is 9.93. The minimum absolute atomic E-state index is 0.0617. The summed E-state index contributed by atoms with van der Waals surface area (Å²) in [6.07, 6.45) is 4.61. The number of amides is 2. The molecule has 1 aliphatic rings. The number of hydrogen-bond acceptors (Lipinski definition) is 2. The fraction of sp³-hybridized carbons (Fsp3) is 0.417. The van der Waals surface area contributed by atoms with E-state index in [1.165, 1.54) is 0 Å². The van der Waals surface area contributed by atoms with Crippen LogP contribution in [0.2, 0.25) is 5.02 Å². The first-order chi connectivity index (χ1) is 13.9. The molecule has 4 nitrogen and oxygen atoms in total. The van der Waals surface area contributed by atoms with Crippen molar-refractivity contribution in [2.24, 2.45) is 0 Å². The SMILES string of the molecule is Cc1ccccc1CC(=O)N(Cc1cccc(Cl)c1)C(C)C(=O)NC1CCCC1. The lowest BCUT2D eigenvalue weighted by molar-refractivity contribution is -0.140. The normalized spacial score (nSPS) is 15.1. The Balaban J connectivity index is 1.78. The van der Waals surface area contributed by atoms with Gasteiger partial charge < -0.3 is 10.2 Å². The Bertz CT molecular complexity index is 861. The highest BCUT2D eigenvalue weighted by molar-refractivity contribution is 6.30. The second-order valence-corrected chi connectivity index (χ2v) is 8.36. The highest BCUT2D eigenvalue weighted by atomic mass is 35.5. The van der Waals surface area contributed by atoms with Gasteiger partial charge in [-0.15, -0.1) is 0 Å². The van der Waals surface area contributed by atoms with Crippen LogP contribution in [-0.2, 0) is 22.6 Å². The molecule has 1 N–H and O–H groups in total. The lowest BCUT2D eigenvalue weighted by Gasteiger charge is -2.30. The van der Waals surface area contributed by atoms with Crippen LogP contribution in [0, 0.1) is 6.92 Å². The largest absolute Gasteiger partial charge is 0.352 e. The fourth-order valence-electron chi connectivity index (χ4n) is 3.88. The smallest absolute Gasteiger partial charge is 0.242 e. The number of nitrogens with one attached hydrogen (secondary N) is 1. The molecule has 2 aromatic rings. The van der Waals surface area contributed by atoms with E-state index in [1.54, 1.807) is 11.0 Å². The molecule has 1 atom stereocenters. The fourth-order valence-corrected chi connectivity index (χ4v) is 4.09. The maximum Gasteiger partial charge on any atom is 0.242 e. The Labute approximate surface area is 178 Å². The molecule has 0 aromatic heterocycles. The number of carbonyl (C=O) groups is 2. The first-order valence-electron chi connectivity index (χ1n) is 10.3. The van der Waals surface area contributed by atoms with Crippen molar-refractivity contribution in [3.63, 3.8) is 0 Å². The summed E-state index contributed by atoms with van der Waals surface area (Å²) in [5.41, 5.74) is 2.97. The summed E-state index contributed by atoms with van der Waals surface area (Å²) < 4.78 is 0. The Kier molecular flexibility index (Phi) is 7.32. The maximum atomic E-state index is 13.3. The molecule has 1 aliphatic carbocycles. The highest BCUT2D eigenvalue weighted by Gasteiger charge is 2.28. The van der Waals surface area contributed by atoms with Crippen molar-refractivity contribution in [3.8, 4) is 0 Å². The number of rotatable bonds is 7. The molecule has 1 saturated carbocycles. The third-order valence-corrected chi connectivity index (χ3v) is 5.95. The molecule has 0 aliphatic heterocycles. The Hall–Kier alpha value is -2.33. The van der Waals surface area contributed by atoms with Gasteiger partial charge in [0.05, 0.1) is 6.42 Å². The predicted molar refractivity (Wildman–Crippen MR) is 117 cm³/mol. The minimum Gasteiger partial charge on any atom is -0.352 e. The van der Waals surface area contributed by atoms with E-state index in [2.05, 4.69) is 5.32 Å². The first kappa shape index (κ1) is 21.4. The van der Waals surface area contributed by atoms with Crippen LogP contribution in [-0.4, -0.2) is 28.8 Å². The van der Waals surface area contributed by atoms with Gasteiger partial charge in [0, 0.05) is 17.6 Å². The van der Waals surface area contributed by atoms with Crippen molar-refractivity contribution in [3.05, 3.63) is 70.2 Å². The Morgan fingerprint density at radius 2 is 1.86 bits per heavy atom. The van der Waals surface area contributed by atoms with Crippen LogP contribution in [0.25, 0.3) is 0 Å². The number of nitrogens with zero attached hydrogens (tertiary/aromatic N) is 1. The first-order valence-corrected chi connectivity index (χ1v) is 10.7. The van der Waals surface area contributed by atoms with Crippen molar-refractivity contribution in [1.29, 1.82) is 0 Å². The quantitative estimate of drug-likeness (QED) is 0.718. The molecule has 1 unspecified atom stereocenters. The van der Waals surface area contributed by atoms with Gasteiger partial charge in [-0.3, -0.25) is 9.59 Å². The predicted octanol–water partition coefficient (Wildman–Crippen LogP) is 4.67. The zero-order valence-electron chi connectivity index (χ0n) is 17.2. The summed E-state index contributed by atoms with van der Waals surface area (Å²) in [6, 6.07) is 15.0. The monoisotopic (exact) mass is 412 g/mol. The van der Waals surface area contributed by atoms with Gasteiger partial charge in [-0.2, -0.15) is 0 Å². The van der Waals surface area contributed by atoms with Crippen molar-refractivity contribution in [2.75, 3.05) is 0 Å². The molecule has 0 heterocycles. The van der Waals surface area contributed by atoms with Crippen molar-refractivity contribution >= 4 is 23.4 Å². The van der Waals surface area contributed by atoms with Crippen molar-refractivity contribution < 1.29 is 9.59 Å². The summed E-state index contributed by atoms with van der Waals surface area (Å²) in [4.78, 5) is 27.8. The molecule has 2 aromatic carbocycles. The van der Waals surface area contributed by atoms with E-state index in [-0.39, 0.29) is 24.3 Å². The molecule has 0 radical (unpaired) electrons. The number of carbonyl (C=O) groups excluding carboxylic acids is 2. The molecule has 0 spiro atoms. The topological polar surface area (TPSA) is 49.4 Å². The molecule has 154 valence electrons. The Morgan fingerprint density at radius 1 is 1.14 bits per heavy atom. The van der Waals surface area contributed by atoms with E-state index in [0.29, 0.717) is 11.6 Å². The van der Waals surface area contributed by atoms with Gasteiger partial charge in [0.2, 0.25) is 11.8 Å². The van der Waals surface area contributed by atoms with Gasteiger partial charge in [0.25, 0.3) is 0 Å². The average molecular weight is 413 g/mol. The van der Waals surface area contributed by atoms with Crippen molar-refractivity contribution in [1.82, 2.24) is 10.2 Å². The standard InChI is InChI=1S/C24H29ClN2O2/c1-17-8-3-4-10-20(17)15-23(28)27(16-19-9-7-11-21(25)14-19)18(2)24(29)26-22-12-5-6-13-22/h3-4,7-11,14,18,22H,5-6,12-13,15-16H2,1-2H3,(H,26,29). The second-order valence-electron chi connectivity index (χ2n) is 7.92. The summed E-state index contributed by atoms with van der Waals surface area (Å²) in [5, 5.41) is 3.75. The van der Waals surface area contributed by atoms with Gasteiger partial charge in [-0.05, 0) is 55.5 Å². The summed E-state index contributed by atoms with van der Waals surface area (Å²) in [6.45, 7) is 4.16. The van der Waals surface area contributed by atoms with E-state index in [4.69, 9.17) is 11.6 Å². The zero-order chi connectivity index (χ0) is 20.8. The molecule has 0 saturated heterocycles. The maximum absolute atomic E-state index is 13.3. The van der Waals surface area contributed by atoms with Crippen LogP contribution >= 0.6 is 11.6 Å². The number of hydrogen-bond donors (Lipinski definition) is 1. The molecule has 29 heavy (non-hydrogen) atoms. The molecule has 1 fully saturated rings. The van der Waals surface area contributed by atoms with E-state index in [1.807, 2.05) is 56.3 Å². The third kappa shape index (κ3) is 5.83. The van der Waals surface area contributed by atoms with E-state index in [0.717, 1.165) is 42.4 Å². The van der Waals surface area contributed by atoms with Gasteiger partial charge >= 0.3 is 0 Å². The van der Waals surface area contributed by atoms with E-state index in [9.17, 15) is 9.59 Å². The number of aryl methyl sites for hydroxylation is 1. The van der Waals surface area contributed by atoms with Gasteiger partial charge in [-0.25, -0.2) is 0 Å². The lowest BCUT2D eigenvalue weighted by atomic mass is 10.0. The van der Waals surface area contributed by atoms with Gasteiger partial charge in [0.15, 0.2) is 0 Å². The zero-order valence-corrected chi connectivity index (χ0v) is 17.9. The van der Waals surface area contributed by atoms with E-state index >= 15 is 0 Å². The molecule has 0 bridgehead atoms. The minimum atomic E-state index is -0.550. The van der Waals surface area contributed by atoms with Gasteiger partial charge in [-0.1, -0.05) is 60.8 Å². The van der Waals surface area contributed by atoms with Crippen LogP contribution < -0.4 is 5.32 Å². The summed E-state index contributed by atoms with van der Waals surface area (Å²) >= 11 is 6.13. The van der Waals surface area contributed by atoms with Crippen LogP contribution in [0.15, 0.2) is 48.5 Å². The highest BCUT2D eigenvalue weighted by Crippen LogP contribution is 2.20. The van der Waals surface area contributed by atoms with Crippen molar-refractivity contribution in [2.45, 2.75) is 64.6 Å². The van der Waals surface area contributed by atoms with E-state index < -0.39 is 6.04 Å². The number of benzene rings is 2. The molecule has 3 rings (SSSR count). The third-order valence-electron chi connectivity index (χ3n) is 5.71. The van der Waals surface area contributed by atoms with Crippen LogP contribution in [0.5, 0.6) is 0 Å². The average Bonchev–Trinajstić information content (AvgIpc) is 3.20.